The standard InChI is InChI=1S/C34H27FN4O3/c35-26-15-7-4-10-21(26)18-19-36-32(40)24-14-6-9-17-28(24)39-33(41)29-20-25-23-13-5-8-16-27(23)37-30(25)31(38(29)34(39)42)22-11-2-1-3-12-22/h1-17,29,31,37H,18-20H2,(H,36,40). The lowest BCUT2D eigenvalue weighted by atomic mass is 9.89. The van der Waals surface area contributed by atoms with E-state index in [9.17, 15) is 18.8 Å². The topological polar surface area (TPSA) is 85.5 Å². The molecule has 0 saturated carbocycles. The first kappa shape index (κ1) is 25.7. The normalized spacial score (nSPS) is 17.8. The van der Waals surface area contributed by atoms with Crippen molar-refractivity contribution in [3.63, 3.8) is 0 Å². The number of halogens is 1. The van der Waals surface area contributed by atoms with Crippen LogP contribution in [0.25, 0.3) is 10.9 Å². The van der Waals surface area contributed by atoms with Crippen molar-refractivity contribution >= 4 is 34.4 Å². The predicted molar refractivity (Wildman–Crippen MR) is 158 cm³/mol. The number of anilines is 1. The SMILES string of the molecule is O=C(NCCc1ccccc1F)c1ccccc1N1C(=O)C2Cc3c([nH]c4ccccc34)C(c3ccccc3)N2C1=O. The second kappa shape index (κ2) is 10.3. The molecule has 2 aliphatic heterocycles. The highest BCUT2D eigenvalue weighted by atomic mass is 19.1. The van der Waals surface area contributed by atoms with Crippen molar-refractivity contribution in [3.8, 4) is 0 Å². The summed E-state index contributed by atoms with van der Waals surface area (Å²) in [5, 5.41) is 3.85. The second-order valence-corrected chi connectivity index (χ2v) is 10.6. The molecule has 5 aromatic rings. The maximum Gasteiger partial charge on any atom is 0.332 e. The van der Waals surface area contributed by atoms with Gasteiger partial charge in [0.1, 0.15) is 17.9 Å². The Balaban J connectivity index is 1.23. The van der Waals surface area contributed by atoms with E-state index in [1.54, 1.807) is 47.4 Å². The number of imide groups is 1. The first-order valence-corrected chi connectivity index (χ1v) is 13.9. The molecule has 1 fully saturated rings. The van der Waals surface area contributed by atoms with E-state index in [0.717, 1.165) is 32.6 Å². The van der Waals surface area contributed by atoms with E-state index in [1.165, 1.54) is 6.07 Å². The summed E-state index contributed by atoms with van der Waals surface area (Å²) in [6.07, 6.45) is 0.670. The molecule has 2 aliphatic rings. The fraction of sp³-hybridized carbons (Fsp3) is 0.147. The number of aromatic amines is 1. The van der Waals surface area contributed by atoms with Gasteiger partial charge in [0, 0.05) is 29.6 Å². The highest BCUT2D eigenvalue weighted by molar-refractivity contribution is 6.24. The molecule has 1 saturated heterocycles. The highest BCUT2D eigenvalue weighted by Gasteiger charge is 2.53. The molecule has 3 heterocycles. The molecule has 0 radical (unpaired) electrons. The van der Waals surface area contributed by atoms with Crippen molar-refractivity contribution in [1.82, 2.24) is 15.2 Å². The van der Waals surface area contributed by atoms with Crippen molar-refractivity contribution in [2.75, 3.05) is 11.4 Å². The third kappa shape index (κ3) is 4.15. The number of hydrogen-bond donors (Lipinski definition) is 2. The van der Waals surface area contributed by atoms with Crippen LogP contribution in [0.2, 0.25) is 0 Å². The molecular weight excluding hydrogens is 531 g/mol. The molecule has 7 nitrogen and oxygen atoms in total. The van der Waals surface area contributed by atoms with Crippen LogP contribution in [0, 0.1) is 5.82 Å². The van der Waals surface area contributed by atoms with Crippen molar-refractivity contribution in [2.24, 2.45) is 0 Å². The minimum Gasteiger partial charge on any atom is -0.356 e. The Hall–Kier alpha value is -5.24. The summed E-state index contributed by atoms with van der Waals surface area (Å²) < 4.78 is 14.1. The zero-order valence-electron chi connectivity index (χ0n) is 22.6. The Morgan fingerprint density at radius 1 is 0.881 bits per heavy atom. The molecule has 4 aromatic carbocycles. The lowest BCUT2D eigenvalue weighted by molar-refractivity contribution is -0.120. The first-order chi connectivity index (χ1) is 20.5. The number of rotatable bonds is 6. The van der Waals surface area contributed by atoms with Crippen LogP contribution < -0.4 is 10.2 Å². The Kier molecular flexibility index (Phi) is 6.31. The van der Waals surface area contributed by atoms with Gasteiger partial charge in [-0.2, -0.15) is 0 Å². The number of hydrogen-bond acceptors (Lipinski definition) is 3. The van der Waals surface area contributed by atoms with Crippen LogP contribution in [0.4, 0.5) is 14.9 Å². The lowest BCUT2D eigenvalue weighted by Crippen LogP contribution is -2.44. The summed E-state index contributed by atoms with van der Waals surface area (Å²) in [7, 11) is 0. The third-order valence-electron chi connectivity index (χ3n) is 8.19. The van der Waals surface area contributed by atoms with E-state index in [0.29, 0.717) is 18.4 Å². The van der Waals surface area contributed by atoms with E-state index in [2.05, 4.69) is 10.3 Å². The zero-order valence-corrected chi connectivity index (χ0v) is 22.6. The number of urea groups is 1. The van der Waals surface area contributed by atoms with Gasteiger partial charge in [-0.15, -0.1) is 0 Å². The molecule has 0 aliphatic carbocycles. The number of nitrogens with zero attached hydrogens (tertiary/aromatic N) is 2. The Labute approximate surface area is 241 Å². The lowest BCUT2D eigenvalue weighted by Gasteiger charge is -2.36. The minimum absolute atomic E-state index is 0.197. The fourth-order valence-electron chi connectivity index (χ4n) is 6.25. The van der Waals surface area contributed by atoms with Crippen molar-refractivity contribution in [2.45, 2.75) is 24.9 Å². The van der Waals surface area contributed by atoms with Gasteiger partial charge in [0.05, 0.1) is 11.3 Å². The summed E-state index contributed by atoms with van der Waals surface area (Å²) in [6.45, 7) is 0.197. The van der Waals surface area contributed by atoms with Gasteiger partial charge in [0.2, 0.25) is 0 Å². The van der Waals surface area contributed by atoms with Crippen molar-refractivity contribution < 1.29 is 18.8 Å². The summed E-state index contributed by atoms with van der Waals surface area (Å²) in [5.41, 5.74) is 4.67. The third-order valence-corrected chi connectivity index (χ3v) is 8.19. The van der Waals surface area contributed by atoms with Gasteiger partial charge in [-0.1, -0.05) is 78.9 Å². The van der Waals surface area contributed by atoms with E-state index in [-0.39, 0.29) is 29.5 Å². The molecule has 2 unspecified atom stereocenters. The second-order valence-electron chi connectivity index (χ2n) is 10.6. The van der Waals surface area contributed by atoms with Crippen LogP contribution in [0.15, 0.2) is 103 Å². The molecule has 1 aromatic heterocycles. The molecule has 208 valence electrons. The van der Waals surface area contributed by atoms with E-state index in [1.807, 2.05) is 54.6 Å². The van der Waals surface area contributed by atoms with Gasteiger partial charge < -0.3 is 10.3 Å². The van der Waals surface area contributed by atoms with Gasteiger partial charge in [0.25, 0.3) is 11.8 Å². The minimum atomic E-state index is -0.730. The average molecular weight is 559 g/mol. The number of amides is 4. The van der Waals surface area contributed by atoms with Gasteiger partial charge in [-0.05, 0) is 47.4 Å². The molecule has 4 amide bonds. The number of benzene rings is 4. The van der Waals surface area contributed by atoms with E-state index in [4.69, 9.17) is 0 Å². The highest BCUT2D eigenvalue weighted by Crippen LogP contribution is 2.45. The predicted octanol–water partition coefficient (Wildman–Crippen LogP) is 5.76. The quantitative estimate of drug-likeness (QED) is 0.260. The molecule has 0 spiro atoms. The molecule has 42 heavy (non-hydrogen) atoms. The van der Waals surface area contributed by atoms with Gasteiger partial charge in [0.15, 0.2) is 0 Å². The van der Waals surface area contributed by atoms with Crippen molar-refractivity contribution in [3.05, 3.63) is 137 Å². The van der Waals surface area contributed by atoms with Gasteiger partial charge >= 0.3 is 6.03 Å². The van der Waals surface area contributed by atoms with Gasteiger partial charge in [-0.3, -0.25) is 14.5 Å². The molecular formula is C34H27FN4O3. The average Bonchev–Trinajstić information content (AvgIpc) is 3.51. The number of aromatic nitrogens is 1. The van der Waals surface area contributed by atoms with Crippen molar-refractivity contribution in [1.29, 1.82) is 0 Å². The Morgan fingerprint density at radius 3 is 2.43 bits per heavy atom. The van der Waals surface area contributed by atoms with Gasteiger partial charge in [-0.25, -0.2) is 14.1 Å². The van der Waals surface area contributed by atoms with Crippen LogP contribution in [-0.4, -0.2) is 40.3 Å². The maximum atomic E-state index is 14.2. The van der Waals surface area contributed by atoms with Crippen LogP contribution in [0.3, 0.4) is 0 Å². The Morgan fingerprint density at radius 2 is 1.60 bits per heavy atom. The summed E-state index contributed by atoms with van der Waals surface area (Å²) in [4.78, 5) is 47.9. The number of para-hydroxylation sites is 2. The number of nitrogens with one attached hydrogen (secondary N) is 2. The van der Waals surface area contributed by atoms with Crippen LogP contribution in [0.5, 0.6) is 0 Å². The molecule has 2 atom stereocenters. The van der Waals surface area contributed by atoms with Crippen LogP contribution in [-0.2, 0) is 17.6 Å². The molecule has 2 N–H and O–H groups in total. The molecule has 7 rings (SSSR count). The van der Waals surface area contributed by atoms with E-state index >= 15 is 0 Å². The summed E-state index contributed by atoms with van der Waals surface area (Å²) in [6, 6.07) is 28.9. The smallest absolute Gasteiger partial charge is 0.332 e. The zero-order chi connectivity index (χ0) is 28.8. The summed E-state index contributed by atoms with van der Waals surface area (Å²) in [5.74, 6) is -1.14. The molecule has 0 bridgehead atoms. The number of fused-ring (bicyclic) bond motifs is 4. The van der Waals surface area contributed by atoms with E-state index < -0.39 is 24.0 Å². The number of H-pyrrole nitrogens is 1. The Bertz CT molecular complexity index is 1850. The largest absolute Gasteiger partial charge is 0.356 e. The number of carbonyl (C=O) groups excluding carboxylic acids is 3. The maximum absolute atomic E-state index is 14.2. The van der Waals surface area contributed by atoms with Crippen LogP contribution in [0.1, 0.15) is 38.8 Å². The first-order valence-electron chi connectivity index (χ1n) is 13.9. The molecule has 8 heteroatoms. The fourth-order valence-corrected chi connectivity index (χ4v) is 6.25. The van der Waals surface area contributed by atoms with Crippen LogP contribution >= 0.6 is 0 Å². The number of carbonyl (C=O) groups is 3. The summed E-state index contributed by atoms with van der Waals surface area (Å²) >= 11 is 0. The monoisotopic (exact) mass is 558 g/mol.